The first kappa shape index (κ1) is 18.7. The SMILES string of the molecule is CNC(=O)CNC(=O)COC(=O)c1ccc(OC[C@H]2CCCO2)cc1. The van der Waals surface area contributed by atoms with Gasteiger partial charge in [-0.25, -0.2) is 4.79 Å². The van der Waals surface area contributed by atoms with Gasteiger partial charge in [0.15, 0.2) is 6.61 Å². The van der Waals surface area contributed by atoms with E-state index in [1.165, 1.54) is 7.05 Å². The van der Waals surface area contributed by atoms with Crippen molar-refractivity contribution < 1.29 is 28.6 Å². The summed E-state index contributed by atoms with van der Waals surface area (Å²) >= 11 is 0. The van der Waals surface area contributed by atoms with E-state index in [4.69, 9.17) is 14.2 Å². The number of amides is 2. The summed E-state index contributed by atoms with van der Waals surface area (Å²) < 4.78 is 16.0. The summed E-state index contributed by atoms with van der Waals surface area (Å²) in [6, 6.07) is 6.46. The molecule has 0 bridgehead atoms. The molecule has 1 atom stereocenters. The van der Waals surface area contributed by atoms with Gasteiger partial charge in [0.05, 0.1) is 18.2 Å². The van der Waals surface area contributed by atoms with Crippen molar-refractivity contribution in [1.82, 2.24) is 10.6 Å². The number of esters is 1. The van der Waals surface area contributed by atoms with Gasteiger partial charge < -0.3 is 24.8 Å². The lowest BCUT2D eigenvalue weighted by atomic mass is 10.2. The van der Waals surface area contributed by atoms with E-state index in [-0.39, 0.29) is 18.6 Å². The smallest absolute Gasteiger partial charge is 0.338 e. The molecule has 136 valence electrons. The molecule has 2 amide bonds. The predicted molar refractivity (Wildman–Crippen MR) is 88.3 cm³/mol. The number of benzene rings is 1. The average molecular weight is 350 g/mol. The van der Waals surface area contributed by atoms with Crippen LogP contribution in [0.3, 0.4) is 0 Å². The summed E-state index contributed by atoms with van der Waals surface area (Å²) in [6.07, 6.45) is 2.17. The first-order chi connectivity index (χ1) is 12.1. The maximum atomic E-state index is 11.9. The van der Waals surface area contributed by atoms with Crippen molar-refractivity contribution in [2.24, 2.45) is 0 Å². The third-order valence-electron chi connectivity index (χ3n) is 3.61. The third-order valence-corrected chi connectivity index (χ3v) is 3.61. The van der Waals surface area contributed by atoms with Crippen LogP contribution >= 0.6 is 0 Å². The standard InChI is InChI=1S/C17H22N2O6/c1-18-15(20)9-19-16(21)11-25-17(22)12-4-6-13(7-5-12)24-10-14-3-2-8-23-14/h4-7,14H,2-3,8-11H2,1H3,(H,18,20)(H,19,21)/t14-/m1/s1. The first-order valence-corrected chi connectivity index (χ1v) is 8.07. The Labute approximate surface area is 145 Å². The summed E-state index contributed by atoms with van der Waals surface area (Å²) in [4.78, 5) is 34.3. The second kappa shape index (κ2) is 9.63. The molecule has 1 fully saturated rings. The van der Waals surface area contributed by atoms with E-state index in [1.54, 1.807) is 24.3 Å². The van der Waals surface area contributed by atoms with Crippen LogP contribution < -0.4 is 15.4 Å². The van der Waals surface area contributed by atoms with E-state index in [0.717, 1.165) is 19.4 Å². The highest BCUT2D eigenvalue weighted by Gasteiger charge is 2.16. The van der Waals surface area contributed by atoms with Crippen molar-refractivity contribution in [1.29, 1.82) is 0 Å². The average Bonchev–Trinajstić information content (AvgIpc) is 3.16. The van der Waals surface area contributed by atoms with E-state index >= 15 is 0 Å². The molecule has 2 N–H and O–H groups in total. The molecule has 1 aromatic carbocycles. The van der Waals surface area contributed by atoms with Gasteiger partial charge in [-0.05, 0) is 37.1 Å². The van der Waals surface area contributed by atoms with Gasteiger partial charge in [0.25, 0.3) is 5.91 Å². The van der Waals surface area contributed by atoms with Crippen molar-refractivity contribution in [2.75, 3.05) is 33.4 Å². The zero-order chi connectivity index (χ0) is 18.1. The van der Waals surface area contributed by atoms with E-state index in [0.29, 0.717) is 17.9 Å². The van der Waals surface area contributed by atoms with Crippen LogP contribution in [-0.4, -0.2) is 57.3 Å². The number of rotatable bonds is 8. The normalized spacial score (nSPS) is 16.1. The van der Waals surface area contributed by atoms with Crippen LogP contribution in [-0.2, 0) is 19.1 Å². The van der Waals surface area contributed by atoms with Gasteiger partial charge in [-0.15, -0.1) is 0 Å². The third kappa shape index (κ3) is 6.42. The van der Waals surface area contributed by atoms with Crippen LogP contribution in [0.4, 0.5) is 0 Å². The molecule has 0 radical (unpaired) electrons. The van der Waals surface area contributed by atoms with Crippen LogP contribution in [0.5, 0.6) is 5.75 Å². The van der Waals surface area contributed by atoms with Crippen LogP contribution in [0, 0.1) is 0 Å². The fraction of sp³-hybridized carbons (Fsp3) is 0.471. The lowest BCUT2D eigenvalue weighted by Gasteiger charge is -2.11. The monoisotopic (exact) mass is 350 g/mol. The number of carbonyl (C=O) groups is 3. The van der Waals surface area contributed by atoms with Crippen molar-refractivity contribution in [2.45, 2.75) is 18.9 Å². The van der Waals surface area contributed by atoms with Crippen LogP contribution in [0.1, 0.15) is 23.2 Å². The summed E-state index contributed by atoms with van der Waals surface area (Å²) in [5.41, 5.74) is 0.309. The molecule has 1 saturated heterocycles. The minimum atomic E-state index is -0.624. The Kier molecular flexibility index (Phi) is 7.21. The molecule has 0 saturated carbocycles. The summed E-state index contributed by atoms with van der Waals surface area (Å²) in [5.74, 6) is -0.872. The van der Waals surface area contributed by atoms with E-state index in [9.17, 15) is 14.4 Å². The van der Waals surface area contributed by atoms with Gasteiger partial charge in [0, 0.05) is 13.7 Å². The van der Waals surface area contributed by atoms with Crippen molar-refractivity contribution in [3.05, 3.63) is 29.8 Å². The molecule has 1 heterocycles. The molecule has 25 heavy (non-hydrogen) atoms. The molecule has 8 nitrogen and oxygen atoms in total. The topological polar surface area (TPSA) is 103 Å². The fourth-order valence-electron chi connectivity index (χ4n) is 2.18. The van der Waals surface area contributed by atoms with Gasteiger partial charge in [0.2, 0.25) is 5.91 Å². The molecule has 0 aromatic heterocycles. The highest BCUT2D eigenvalue weighted by molar-refractivity contribution is 5.92. The van der Waals surface area contributed by atoms with Crippen LogP contribution in [0.25, 0.3) is 0 Å². The van der Waals surface area contributed by atoms with Crippen LogP contribution in [0.15, 0.2) is 24.3 Å². The summed E-state index contributed by atoms with van der Waals surface area (Å²) in [5, 5.41) is 4.70. The quantitative estimate of drug-likeness (QED) is 0.652. The largest absolute Gasteiger partial charge is 0.491 e. The highest BCUT2D eigenvalue weighted by Crippen LogP contribution is 2.17. The molecule has 0 spiro atoms. The predicted octanol–water partition coefficient (Wildman–Crippen LogP) is 0.263. The second-order valence-corrected chi connectivity index (χ2v) is 5.50. The molecule has 2 rings (SSSR count). The Morgan fingerprint density at radius 2 is 1.96 bits per heavy atom. The molecule has 8 heteroatoms. The lowest BCUT2D eigenvalue weighted by molar-refractivity contribution is -0.127. The molecular weight excluding hydrogens is 328 g/mol. The van der Waals surface area contributed by atoms with Gasteiger partial charge in [0.1, 0.15) is 12.4 Å². The van der Waals surface area contributed by atoms with Gasteiger partial charge in [-0.3, -0.25) is 9.59 Å². The summed E-state index contributed by atoms with van der Waals surface area (Å²) in [6.45, 7) is 0.640. The van der Waals surface area contributed by atoms with E-state index in [2.05, 4.69) is 10.6 Å². The number of nitrogens with one attached hydrogen (secondary N) is 2. The number of hydrogen-bond acceptors (Lipinski definition) is 6. The zero-order valence-electron chi connectivity index (χ0n) is 14.1. The first-order valence-electron chi connectivity index (χ1n) is 8.07. The molecule has 1 aliphatic heterocycles. The molecule has 0 unspecified atom stereocenters. The Bertz CT molecular complexity index is 596. The Morgan fingerprint density at radius 3 is 2.60 bits per heavy atom. The van der Waals surface area contributed by atoms with E-state index < -0.39 is 18.5 Å². The van der Waals surface area contributed by atoms with E-state index in [1.807, 2.05) is 0 Å². The minimum Gasteiger partial charge on any atom is -0.491 e. The Morgan fingerprint density at radius 1 is 1.20 bits per heavy atom. The Balaban J connectivity index is 1.72. The lowest BCUT2D eigenvalue weighted by Crippen LogP contribution is -2.37. The van der Waals surface area contributed by atoms with Crippen LogP contribution in [0.2, 0.25) is 0 Å². The van der Waals surface area contributed by atoms with Crippen molar-refractivity contribution >= 4 is 17.8 Å². The highest BCUT2D eigenvalue weighted by atomic mass is 16.5. The van der Waals surface area contributed by atoms with Crippen molar-refractivity contribution in [3.8, 4) is 5.75 Å². The molecule has 1 aliphatic rings. The maximum Gasteiger partial charge on any atom is 0.338 e. The number of likely N-dealkylation sites (N-methyl/N-ethyl adjacent to an activating group) is 1. The number of ether oxygens (including phenoxy) is 3. The maximum absolute atomic E-state index is 11.9. The van der Waals surface area contributed by atoms with Gasteiger partial charge >= 0.3 is 5.97 Å². The second-order valence-electron chi connectivity index (χ2n) is 5.50. The molecular formula is C17H22N2O6. The minimum absolute atomic E-state index is 0.123. The Hall–Kier alpha value is -2.61. The molecule has 0 aliphatic carbocycles. The van der Waals surface area contributed by atoms with Gasteiger partial charge in [-0.1, -0.05) is 0 Å². The zero-order valence-corrected chi connectivity index (χ0v) is 14.1. The number of hydrogen-bond donors (Lipinski definition) is 2. The van der Waals surface area contributed by atoms with Gasteiger partial charge in [-0.2, -0.15) is 0 Å². The fourth-order valence-corrected chi connectivity index (χ4v) is 2.18. The number of carbonyl (C=O) groups excluding carboxylic acids is 3. The van der Waals surface area contributed by atoms with Crippen molar-refractivity contribution in [3.63, 3.8) is 0 Å². The molecule has 1 aromatic rings. The summed E-state index contributed by atoms with van der Waals surface area (Å²) in [7, 11) is 1.46.